The van der Waals surface area contributed by atoms with Gasteiger partial charge in [0.25, 0.3) is 0 Å². The van der Waals surface area contributed by atoms with Crippen molar-refractivity contribution in [3.05, 3.63) is 22.4 Å². The van der Waals surface area contributed by atoms with E-state index in [1.165, 1.54) is 7.11 Å². The lowest BCUT2D eigenvalue weighted by Crippen LogP contribution is -2.24. The lowest BCUT2D eigenvalue weighted by Gasteiger charge is -2.22. The molecule has 1 unspecified atom stereocenters. The Balaban J connectivity index is 1.90. The van der Waals surface area contributed by atoms with E-state index < -0.39 is 0 Å². The number of hydrogen-bond donors (Lipinski definition) is 1. The van der Waals surface area contributed by atoms with E-state index in [4.69, 9.17) is 0 Å². The highest BCUT2D eigenvalue weighted by Crippen LogP contribution is 2.29. The predicted octanol–water partition coefficient (Wildman–Crippen LogP) is 0.855. The number of aromatic nitrogens is 4. The number of nitrogens with zero attached hydrogens (tertiary/aromatic N) is 4. The molecule has 1 aliphatic rings. The minimum atomic E-state index is -0.339. The quantitative estimate of drug-likeness (QED) is 0.839. The van der Waals surface area contributed by atoms with Gasteiger partial charge in [-0.2, -0.15) is 10.1 Å². The van der Waals surface area contributed by atoms with Gasteiger partial charge in [-0.1, -0.05) is 0 Å². The van der Waals surface area contributed by atoms with Crippen LogP contribution in [0.3, 0.4) is 0 Å². The van der Waals surface area contributed by atoms with Crippen molar-refractivity contribution < 1.29 is 9.53 Å². The third-order valence-corrected chi connectivity index (χ3v) is 3.81. The number of methoxy groups -OCH3 is 1. The molecule has 3 heterocycles. The summed E-state index contributed by atoms with van der Waals surface area (Å²) in [4.78, 5) is 19.9. The Morgan fingerprint density at radius 2 is 2.58 bits per heavy atom. The van der Waals surface area contributed by atoms with E-state index in [-0.39, 0.29) is 18.4 Å². The smallest absolute Gasteiger partial charge is 0.313 e. The largest absolute Gasteiger partial charge is 0.469 e. The van der Waals surface area contributed by atoms with E-state index >= 15 is 0 Å². The topological polar surface area (TPSA) is 81.9 Å². The molecule has 1 N–H and O–H groups in total. The van der Waals surface area contributed by atoms with Crippen molar-refractivity contribution in [1.82, 2.24) is 19.7 Å². The number of anilines is 1. The fourth-order valence-electron chi connectivity index (χ4n) is 2.05. The molecule has 1 aliphatic heterocycles. The first-order valence-corrected chi connectivity index (χ1v) is 6.81. The van der Waals surface area contributed by atoms with Gasteiger partial charge in [-0.15, -0.1) is 11.3 Å². The van der Waals surface area contributed by atoms with Crippen LogP contribution in [0.15, 0.2) is 11.6 Å². The number of carbonyl (C=O) groups excluding carboxylic acids is 1. The molecule has 19 heavy (non-hydrogen) atoms. The highest BCUT2D eigenvalue weighted by atomic mass is 32.1. The van der Waals surface area contributed by atoms with Crippen LogP contribution in [0.25, 0.3) is 0 Å². The molecule has 0 aromatic carbocycles. The maximum absolute atomic E-state index is 11.3. The molecule has 1 atom stereocenters. The molecular formula is C11H13N5O2S. The molecule has 0 saturated carbocycles. The van der Waals surface area contributed by atoms with Crippen molar-refractivity contribution in [2.24, 2.45) is 0 Å². The molecule has 7 nitrogen and oxygen atoms in total. The van der Waals surface area contributed by atoms with E-state index in [0.29, 0.717) is 11.8 Å². The highest BCUT2D eigenvalue weighted by Gasteiger charge is 2.26. The van der Waals surface area contributed by atoms with Crippen LogP contribution in [0.5, 0.6) is 0 Å². The summed E-state index contributed by atoms with van der Waals surface area (Å²) in [5.74, 6) is 0.817. The zero-order chi connectivity index (χ0) is 13.2. The first-order valence-electron chi connectivity index (χ1n) is 5.93. The summed E-state index contributed by atoms with van der Waals surface area (Å²) in [6.45, 7) is 0.820. The molecule has 0 fully saturated rings. The van der Waals surface area contributed by atoms with Gasteiger partial charge in [0, 0.05) is 18.1 Å². The number of carbonyl (C=O) groups is 1. The fourth-order valence-corrected chi connectivity index (χ4v) is 2.81. The van der Waals surface area contributed by atoms with Gasteiger partial charge in [-0.25, -0.2) is 9.67 Å². The number of ether oxygens (including phenoxy) is 1. The lowest BCUT2D eigenvalue weighted by molar-refractivity contribution is -0.139. The van der Waals surface area contributed by atoms with E-state index in [2.05, 4.69) is 25.1 Å². The number of hydrogen-bond acceptors (Lipinski definition) is 7. The third kappa shape index (κ3) is 2.30. The zero-order valence-corrected chi connectivity index (χ0v) is 11.2. The van der Waals surface area contributed by atoms with Crippen LogP contribution < -0.4 is 5.32 Å². The Kier molecular flexibility index (Phi) is 3.16. The first kappa shape index (κ1) is 12.1. The van der Waals surface area contributed by atoms with Gasteiger partial charge in [0.05, 0.1) is 7.11 Å². The first-order chi connectivity index (χ1) is 9.28. The Morgan fingerprint density at radius 3 is 3.32 bits per heavy atom. The van der Waals surface area contributed by atoms with Gasteiger partial charge >= 0.3 is 5.97 Å². The van der Waals surface area contributed by atoms with Gasteiger partial charge in [0.2, 0.25) is 5.95 Å². The molecular weight excluding hydrogens is 266 g/mol. The zero-order valence-electron chi connectivity index (χ0n) is 10.4. The van der Waals surface area contributed by atoms with Crippen LogP contribution >= 0.6 is 11.3 Å². The molecule has 2 aromatic heterocycles. The second-order valence-electron chi connectivity index (χ2n) is 4.15. The SMILES string of the molecule is COC(=O)Cc1nc2n(n1)C(c1nccs1)CCN2. The highest BCUT2D eigenvalue weighted by molar-refractivity contribution is 7.09. The monoisotopic (exact) mass is 279 g/mol. The summed E-state index contributed by atoms with van der Waals surface area (Å²) < 4.78 is 6.43. The van der Waals surface area contributed by atoms with Crippen LogP contribution in [-0.4, -0.2) is 39.4 Å². The van der Waals surface area contributed by atoms with E-state index in [1.54, 1.807) is 22.2 Å². The van der Waals surface area contributed by atoms with Gasteiger partial charge < -0.3 is 10.1 Å². The minimum absolute atomic E-state index is 0.0861. The maximum atomic E-state index is 11.3. The third-order valence-electron chi connectivity index (χ3n) is 2.94. The van der Waals surface area contributed by atoms with Crippen LogP contribution in [0, 0.1) is 0 Å². The molecule has 0 bridgehead atoms. The van der Waals surface area contributed by atoms with Crippen molar-refractivity contribution in [2.75, 3.05) is 19.0 Å². The van der Waals surface area contributed by atoms with Crippen molar-refractivity contribution in [1.29, 1.82) is 0 Å². The number of thiazole rings is 1. The summed E-state index contributed by atoms with van der Waals surface area (Å²) in [5, 5.41) is 10.5. The average molecular weight is 279 g/mol. The van der Waals surface area contributed by atoms with Crippen LogP contribution in [0.2, 0.25) is 0 Å². The van der Waals surface area contributed by atoms with Crippen molar-refractivity contribution in [2.45, 2.75) is 18.9 Å². The van der Waals surface area contributed by atoms with Crippen LogP contribution in [0.4, 0.5) is 5.95 Å². The lowest BCUT2D eigenvalue weighted by atomic mass is 10.2. The minimum Gasteiger partial charge on any atom is -0.469 e. The van der Waals surface area contributed by atoms with Gasteiger partial charge in [0.1, 0.15) is 17.5 Å². The summed E-state index contributed by atoms with van der Waals surface area (Å²) in [6.07, 6.45) is 2.78. The summed E-state index contributed by atoms with van der Waals surface area (Å²) in [6, 6.07) is 0.0927. The van der Waals surface area contributed by atoms with E-state index in [0.717, 1.165) is 18.0 Å². The molecule has 100 valence electrons. The average Bonchev–Trinajstić information content (AvgIpc) is 3.06. The standard InChI is InChI=1S/C11H13N5O2S/c1-18-9(17)6-8-14-11-13-3-2-7(16(11)15-8)10-12-4-5-19-10/h4-5,7H,2-3,6H2,1H3,(H,13,14,15). The summed E-state index contributed by atoms with van der Waals surface area (Å²) >= 11 is 1.60. The van der Waals surface area contributed by atoms with Gasteiger partial charge in [0.15, 0.2) is 5.82 Å². The fraction of sp³-hybridized carbons (Fsp3) is 0.455. The molecule has 8 heteroatoms. The molecule has 2 aromatic rings. The molecule has 0 saturated heterocycles. The van der Waals surface area contributed by atoms with Crippen LogP contribution in [0.1, 0.15) is 23.3 Å². The Bertz CT molecular complexity index is 580. The number of fused-ring (bicyclic) bond motifs is 1. The van der Waals surface area contributed by atoms with E-state index in [1.807, 2.05) is 5.38 Å². The summed E-state index contributed by atoms with van der Waals surface area (Å²) in [5.41, 5.74) is 0. The molecule has 3 rings (SSSR count). The predicted molar refractivity (Wildman–Crippen MR) is 69.1 cm³/mol. The number of rotatable bonds is 3. The summed E-state index contributed by atoms with van der Waals surface area (Å²) in [7, 11) is 1.36. The maximum Gasteiger partial charge on any atom is 0.313 e. The molecule has 0 aliphatic carbocycles. The van der Waals surface area contributed by atoms with Crippen LogP contribution in [-0.2, 0) is 16.0 Å². The van der Waals surface area contributed by atoms with Crippen molar-refractivity contribution in [3.8, 4) is 0 Å². The molecule has 0 spiro atoms. The molecule has 0 amide bonds. The second-order valence-corrected chi connectivity index (χ2v) is 5.08. The Morgan fingerprint density at radius 1 is 1.68 bits per heavy atom. The Labute approximate surface area is 113 Å². The van der Waals surface area contributed by atoms with E-state index in [9.17, 15) is 4.79 Å². The normalized spacial score (nSPS) is 17.6. The second kappa shape index (κ2) is 4.96. The molecule has 0 radical (unpaired) electrons. The van der Waals surface area contributed by atoms with Gasteiger partial charge in [-0.3, -0.25) is 4.79 Å². The number of esters is 1. The van der Waals surface area contributed by atoms with Gasteiger partial charge in [-0.05, 0) is 6.42 Å². The van der Waals surface area contributed by atoms with Crippen molar-refractivity contribution >= 4 is 23.3 Å². The Hall–Kier alpha value is -1.96. The number of nitrogens with one attached hydrogen (secondary N) is 1. The van der Waals surface area contributed by atoms with Crippen molar-refractivity contribution in [3.63, 3.8) is 0 Å².